The van der Waals surface area contributed by atoms with Crippen LogP contribution in [-0.4, -0.2) is 48.6 Å². The molecule has 1 aromatic carbocycles. The van der Waals surface area contributed by atoms with Crippen LogP contribution in [0, 0.1) is 0 Å². The van der Waals surface area contributed by atoms with Crippen LogP contribution in [-0.2, 0) is 4.79 Å². The molecule has 116 valence electrons. The minimum absolute atomic E-state index is 0.232. The second-order valence-electron chi connectivity index (χ2n) is 5.09. The van der Waals surface area contributed by atoms with Crippen molar-refractivity contribution in [1.82, 2.24) is 4.90 Å². The normalized spacial score (nSPS) is 10.2. The van der Waals surface area contributed by atoms with Gasteiger partial charge in [0.25, 0.3) is 5.91 Å². The number of benzene rings is 1. The number of carbonyl (C=O) groups is 2. The standard InChI is InChI=1S/C16H24N2O3/c1-4-10-17(3)14-8-6-13(7-9-14)16(21)18(11-5-2)12-15(19)20/h6-9H,4-5,10-12H2,1-3H3,(H,19,20). The number of nitrogens with zero attached hydrogens (tertiary/aromatic N) is 2. The number of carboxylic acid groups (broad SMARTS) is 1. The maximum Gasteiger partial charge on any atom is 0.323 e. The van der Waals surface area contributed by atoms with E-state index in [2.05, 4.69) is 11.8 Å². The van der Waals surface area contributed by atoms with E-state index in [1.807, 2.05) is 26.1 Å². The Balaban J connectivity index is 2.83. The topological polar surface area (TPSA) is 60.9 Å². The van der Waals surface area contributed by atoms with Crippen LogP contribution in [0.4, 0.5) is 5.69 Å². The van der Waals surface area contributed by atoms with Gasteiger partial charge in [-0.15, -0.1) is 0 Å². The van der Waals surface area contributed by atoms with E-state index in [0.29, 0.717) is 12.1 Å². The Labute approximate surface area is 126 Å². The van der Waals surface area contributed by atoms with Crippen molar-refractivity contribution >= 4 is 17.6 Å². The number of rotatable bonds is 8. The first-order valence-corrected chi connectivity index (χ1v) is 7.31. The van der Waals surface area contributed by atoms with Gasteiger partial charge in [-0.1, -0.05) is 13.8 Å². The molecule has 21 heavy (non-hydrogen) atoms. The van der Waals surface area contributed by atoms with Crippen molar-refractivity contribution in [3.05, 3.63) is 29.8 Å². The van der Waals surface area contributed by atoms with Gasteiger partial charge in [-0.25, -0.2) is 0 Å². The lowest BCUT2D eigenvalue weighted by Crippen LogP contribution is -2.36. The van der Waals surface area contributed by atoms with Crippen molar-refractivity contribution in [3.63, 3.8) is 0 Å². The van der Waals surface area contributed by atoms with Gasteiger partial charge in [-0.05, 0) is 37.1 Å². The third-order valence-electron chi connectivity index (χ3n) is 3.22. The predicted molar refractivity (Wildman–Crippen MR) is 83.8 cm³/mol. The van der Waals surface area contributed by atoms with Crippen LogP contribution in [0.2, 0.25) is 0 Å². The highest BCUT2D eigenvalue weighted by atomic mass is 16.4. The van der Waals surface area contributed by atoms with Crippen molar-refractivity contribution < 1.29 is 14.7 Å². The van der Waals surface area contributed by atoms with Gasteiger partial charge in [0, 0.05) is 31.4 Å². The second-order valence-corrected chi connectivity index (χ2v) is 5.09. The first-order valence-electron chi connectivity index (χ1n) is 7.31. The molecule has 0 aliphatic heterocycles. The molecule has 0 unspecified atom stereocenters. The summed E-state index contributed by atoms with van der Waals surface area (Å²) in [5, 5.41) is 8.88. The maximum atomic E-state index is 12.3. The minimum atomic E-state index is -0.990. The summed E-state index contributed by atoms with van der Waals surface area (Å²) in [5.74, 6) is -1.22. The number of hydrogen-bond acceptors (Lipinski definition) is 3. The van der Waals surface area contributed by atoms with E-state index in [4.69, 9.17) is 5.11 Å². The smallest absolute Gasteiger partial charge is 0.323 e. The number of aliphatic carboxylic acids is 1. The Kier molecular flexibility index (Phi) is 6.72. The fourth-order valence-corrected chi connectivity index (χ4v) is 2.19. The van der Waals surface area contributed by atoms with Gasteiger partial charge in [0.05, 0.1) is 0 Å². The zero-order valence-corrected chi connectivity index (χ0v) is 13.0. The van der Waals surface area contributed by atoms with Gasteiger partial charge < -0.3 is 14.9 Å². The zero-order valence-electron chi connectivity index (χ0n) is 13.0. The zero-order chi connectivity index (χ0) is 15.8. The highest BCUT2D eigenvalue weighted by Gasteiger charge is 2.17. The SMILES string of the molecule is CCCN(CC(=O)O)C(=O)c1ccc(N(C)CCC)cc1. The molecule has 0 saturated heterocycles. The van der Waals surface area contributed by atoms with Crippen LogP contribution < -0.4 is 4.90 Å². The minimum Gasteiger partial charge on any atom is -0.480 e. The molecule has 0 spiro atoms. The Morgan fingerprint density at radius 3 is 2.10 bits per heavy atom. The number of amides is 1. The van der Waals surface area contributed by atoms with Crippen molar-refractivity contribution in [1.29, 1.82) is 0 Å². The highest BCUT2D eigenvalue weighted by Crippen LogP contribution is 2.15. The highest BCUT2D eigenvalue weighted by molar-refractivity contribution is 5.96. The summed E-state index contributed by atoms with van der Waals surface area (Å²) >= 11 is 0. The Morgan fingerprint density at radius 1 is 1.05 bits per heavy atom. The van der Waals surface area contributed by atoms with E-state index < -0.39 is 5.97 Å². The lowest BCUT2D eigenvalue weighted by atomic mass is 10.1. The molecule has 0 bridgehead atoms. The van der Waals surface area contributed by atoms with Crippen molar-refractivity contribution in [3.8, 4) is 0 Å². The fourth-order valence-electron chi connectivity index (χ4n) is 2.19. The summed E-state index contributed by atoms with van der Waals surface area (Å²) in [6.45, 7) is 5.18. The van der Waals surface area contributed by atoms with Crippen LogP contribution in [0.3, 0.4) is 0 Å². The molecule has 0 heterocycles. The molecule has 0 aromatic heterocycles. The summed E-state index contributed by atoms with van der Waals surface area (Å²) in [7, 11) is 2.01. The Hall–Kier alpha value is -2.04. The van der Waals surface area contributed by atoms with Crippen LogP contribution in [0.1, 0.15) is 37.0 Å². The maximum absolute atomic E-state index is 12.3. The molecule has 1 N–H and O–H groups in total. The van der Waals surface area contributed by atoms with Gasteiger partial charge in [0.2, 0.25) is 0 Å². The van der Waals surface area contributed by atoms with Crippen LogP contribution in [0.15, 0.2) is 24.3 Å². The number of anilines is 1. The molecule has 1 rings (SSSR count). The summed E-state index contributed by atoms with van der Waals surface area (Å²) in [6, 6.07) is 7.31. The van der Waals surface area contributed by atoms with Gasteiger partial charge >= 0.3 is 5.97 Å². The van der Waals surface area contributed by atoms with Gasteiger partial charge in [-0.3, -0.25) is 9.59 Å². The fraction of sp³-hybridized carbons (Fsp3) is 0.500. The van der Waals surface area contributed by atoms with Crippen LogP contribution in [0.5, 0.6) is 0 Å². The molecule has 5 heteroatoms. The van der Waals surface area contributed by atoms with E-state index >= 15 is 0 Å². The first kappa shape index (κ1) is 17.0. The molecule has 1 aromatic rings. The largest absolute Gasteiger partial charge is 0.480 e. The van der Waals surface area contributed by atoms with E-state index in [-0.39, 0.29) is 12.5 Å². The summed E-state index contributed by atoms with van der Waals surface area (Å²) < 4.78 is 0. The predicted octanol–water partition coefficient (Wildman–Crippen LogP) is 2.47. The first-order chi connectivity index (χ1) is 9.99. The van der Waals surface area contributed by atoms with Crippen molar-refractivity contribution in [2.75, 3.05) is 31.6 Å². The molecule has 0 radical (unpaired) electrons. The quantitative estimate of drug-likeness (QED) is 0.799. The van der Waals surface area contributed by atoms with Crippen LogP contribution >= 0.6 is 0 Å². The molecular weight excluding hydrogens is 268 g/mol. The molecule has 1 amide bonds. The molecule has 0 saturated carbocycles. The lowest BCUT2D eigenvalue weighted by Gasteiger charge is -2.21. The van der Waals surface area contributed by atoms with Crippen molar-refractivity contribution in [2.45, 2.75) is 26.7 Å². The summed E-state index contributed by atoms with van der Waals surface area (Å²) in [6.07, 6.45) is 1.79. The molecule has 5 nitrogen and oxygen atoms in total. The van der Waals surface area contributed by atoms with E-state index in [0.717, 1.165) is 25.1 Å². The van der Waals surface area contributed by atoms with Gasteiger partial charge in [-0.2, -0.15) is 0 Å². The third-order valence-corrected chi connectivity index (χ3v) is 3.22. The third kappa shape index (κ3) is 5.10. The monoisotopic (exact) mass is 292 g/mol. The number of carbonyl (C=O) groups excluding carboxylic acids is 1. The Morgan fingerprint density at radius 2 is 1.62 bits per heavy atom. The van der Waals surface area contributed by atoms with E-state index in [9.17, 15) is 9.59 Å². The molecule has 0 atom stereocenters. The molecular formula is C16H24N2O3. The van der Waals surface area contributed by atoms with E-state index in [1.54, 1.807) is 12.1 Å². The number of hydrogen-bond donors (Lipinski definition) is 1. The van der Waals surface area contributed by atoms with E-state index in [1.165, 1.54) is 4.90 Å². The number of carboxylic acids is 1. The average molecular weight is 292 g/mol. The van der Waals surface area contributed by atoms with Crippen molar-refractivity contribution in [2.24, 2.45) is 0 Å². The molecule has 0 aliphatic rings. The Bertz CT molecular complexity index is 471. The van der Waals surface area contributed by atoms with Crippen LogP contribution in [0.25, 0.3) is 0 Å². The summed E-state index contributed by atoms with van der Waals surface area (Å²) in [5.41, 5.74) is 1.58. The lowest BCUT2D eigenvalue weighted by molar-refractivity contribution is -0.137. The summed E-state index contributed by atoms with van der Waals surface area (Å²) in [4.78, 5) is 26.6. The molecule has 0 fully saturated rings. The van der Waals surface area contributed by atoms with Gasteiger partial charge in [0.1, 0.15) is 6.54 Å². The van der Waals surface area contributed by atoms with Gasteiger partial charge in [0.15, 0.2) is 0 Å². The second kappa shape index (κ2) is 8.29. The average Bonchev–Trinajstić information content (AvgIpc) is 2.46. The molecule has 0 aliphatic carbocycles.